The highest BCUT2D eigenvalue weighted by atomic mass is 16.5. The average molecular weight is 411 g/mol. The molecule has 1 aliphatic rings. The van der Waals surface area contributed by atoms with Gasteiger partial charge in [-0.2, -0.15) is 0 Å². The Balaban J connectivity index is 1.49. The molecule has 0 saturated heterocycles. The van der Waals surface area contributed by atoms with E-state index in [1.165, 1.54) is 0 Å². The van der Waals surface area contributed by atoms with E-state index in [1.807, 2.05) is 61.2 Å². The molecule has 0 unspecified atom stereocenters. The number of aryl methyl sites for hydroxylation is 1. The van der Waals surface area contributed by atoms with Crippen LogP contribution < -0.4 is 14.8 Å². The maximum absolute atomic E-state index is 12.3. The molecule has 0 atom stereocenters. The lowest BCUT2D eigenvalue weighted by atomic mass is 10.1. The van der Waals surface area contributed by atoms with Crippen LogP contribution in [0.5, 0.6) is 11.5 Å². The number of carbonyl (C=O) groups excluding carboxylic acids is 2. The maximum atomic E-state index is 12.3. The summed E-state index contributed by atoms with van der Waals surface area (Å²) in [7, 11) is 0. The molecule has 0 aliphatic carbocycles. The first kappa shape index (κ1) is 21.7. The third-order valence-corrected chi connectivity index (χ3v) is 5.16. The number of hydrogen-bond donors (Lipinski definition) is 1. The van der Waals surface area contributed by atoms with Crippen molar-refractivity contribution in [1.29, 1.82) is 0 Å². The molecule has 2 aromatic carbocycles. The molecule has 0 bridgehead atoms. The molecule has 160 valence electrons. The molecule has 3 rings (SSSR count). The zero-order valence-electron chi connectivity index (χ0n) is 17.8. The molecule has 0 fully saturated rings. The van der Waals surface area contributed by atoms with Crippen molar-refractivity contribution in [3.05, 3.63) is 53.6 Å². The molecule has 1 N–H and O–H groups in total. The zero-order chi connectivity index (χ0) is 21.3. The van der Waals surface area contributed by atoms with Crippen molar-refractivity contribution in [3.63, 3.8) is 0 Å². The Labute approximate surface area is 178 Å². The molecule has 0 radical (unpaired) electrons. The Hall–Kier alpha value is -3.02. The van der Waals surface area contributed by atoms with Gasteiger partial charge in [0.1, 0.15) is 0 Å². The molecule has 1 aliphatic heterocycles. The monoisotopic (exact) mass is 410 g/mol. The van der Waals surface area contributed by atoms with Gasteiger partial charge in [-0.3, -0.25) is 9.59 Å². The van der Waals surface area contributed by atoms with Gasteiger partial charge in [-0.1, -0.05) is 18.2 Å². The van der Waals surface area contributed by atoms with E-state index in [1.54, 1.807) is 0 Å². The number of carbonyl (C=O) groups is 2. The number of anilines is 1. The van der Waals surface area contributed by atoms with Crippen LogP contribution in [0.2, 0.25) is 0 Å². The molecule has 0 saturated carbocycles. The van der Waals surface area contributed by atoms with Gasteiger partial charge >= 0.3 is 0 Å². The first-order valence-corrected chi connectivity index (χ1v) is 10.6. The summed E-state index contributed by atoms with van der Waals surface area (Å²) in [4.78, 5) is 26.4. The fraction of sp³-hybridized carbons (Fsp3) is 0.417. The lowest BCUT2D eigenvalue weighted by Gasteiger charge is -2.18. The van der Waals surface area contributed by atoms with Crippen molar-refractivity contribution in [2.45, 2.75) is 39.5 Å². The summed E-state index contributed by atoms with van der Waals surface area (Å²) < 4.78 is 11.3. The molecular weight excluding hydrogens is 380 g/mol. The minimum Gasteiger partial charge on any atom is -0.490 e. The Kier molecular flexibility index (Phi) is 7.71. The second-order valence-electron chi connectivity index (χ2n) is 7.32. The van der Waals surface area contributed by atoms with Gasteiger partial charge in [-0.05, 0) is 55.7 Å². The first-order valence-electron chi connectivity index (χ1n) is 10.6. The number of nitrogens with one attached hydrogen (secondary N) is 1. The lowest BCUT2D eigenvalue weighted by Crippen LogP contribution is -2.31. The number of nitrogens with zero attached hydrogens (tertiary/aromatic N) is 1. The summed E-state index contributed by atoms with van der Waals surface area (Å²) in [5.41, 5.74) is 2.72. The van der Waals surface area contributed by atoms with E-state index in [0.29, 0.717) is 45.6 Å². The third kappa shape index (κ3) is 5.99. The van der Waals surface area contributed by atoms with E-state index in [4.69, 9.17) is 9.47 Å². The number of ether oxygens (including phenoxy) is 2. The highest BCUT2D eigenvalue weighted by molar-refractivity contribution is 5.91. The van der Waals surface area contributed by atoms with Crippen molar-refractivity contribution in [2.75, 3.05) is 31.6 Å². The standard InChI is InChI=1S/C24H30N2O4/c1-3-26(4-2)24(28)17-19-6-10-20(11-7-19)25-23(27)13-9-18-8-12-21-22(16-18)30-15-5-14-29-21/h6-8,10-12,16H,3-5,9,13-15,17H2,1-2H3,(H,25,27). The third-order valence-electron chi connectivity index (χ3n) is 5.16. The Morgan fingerprint density at radius 2 is 1.60 bits per heavy atom. The van der Waals surface area contributed by atoms with Crippen molar-refractivity contribution in [3.8, 4) is 11.5 Å². The Morgan fingerprint density at radius 1 is 0.933 bits per heavy atom. The average Bonchev–Trinajstić information content (AvgIpc) is 2.99. The SMILES string of the molecule is CCN(CC)C(=O)Cc1ccc(NC(=O)CCc2ccc3c(c2)OCCCO3)cc1. The van der Waals surface area contributed by atoms with Gasteiger partial charge in [0.15, 0.2) is 11.5 Å². The van der Waals surface area contributed by atoms with Gasteiger partial charge < -0.3 is 19.7 Å². The van der Waals surface area contributed by atoms with Crippen LogP contribution in [0, 0.1) is 0 Å². The van der Waals surface area contributed by atoms with Crippen molar-refractivity contribution < 1.29 is 19.1 Å². The quantitative estimate of drug-likeness (QED) is 0.718. The summed E-state index contributed by atoms with van der Waals surface area (Å²) >= 11 is 0. The second-order valence-corrected chi connectivity index (χ2v) is 7.32. The predicted molar refractivity (Wildman–Crippen MR) is 117 cm³/mol. The maximum Gasteiger partial charge on any atom is 0.226 e. The Morgan fingerprint density at radius 3 is 2.30 bits per heavy atom. The molecule has 1 heterocycles. The fourth-order valence-corrected chi connectivity index (χ4v) is 3.41. The summed E-state index contributed by atoms with van der Waals surface area (Å²) in [6, 6.07) is 13.3. The van der Waals surface area contributed by atoms with Gasteiger partial charge in [-0.15, -0.1) is 0 Å². The van der Waals surface area contributed by atoms with Gasteiger partial charge in [0, 0.05) is 31.6 Å². The lowest BCUT2D eigenvalue weighted by molar-refractivity contribution is -0.130. The largest absolute Gasteiger partial charge is 0.490 e. The number of likely N-dealkylation sites (N-methyl/N-ethyl adjacent to an activating group) is 1. The molecule has 0 spiro atoms. The van der Waals surface area contributed by atoms with Gasteiger partial charge in [0.05, 0.1) is 19.6 Å². The first-order chi connectivity index (χ1) is 14.6. The minimum atomic E-state index is -0.0471. The normalized spacial score (nSPS) is 12.7. The van der Waals surface area contributed by atoms with Crippen molar-refractivity contribution in [2.24, 2.45) is 0 Å². The van der Waals surface area contributed by atoms with Gasteiger partial charge in [0.2, 0.25) is 11.8 Å². The van der Waals surface area contributed by atoms with Crippen LogP contribution in [0.25, 0.3) is 0 Å². The molecule has 2 aromatic rings. The Bertz CT molecular complexity index is 860. The molecular formula is C24H30N2O4. The van der Waals surface area contributed by atoms with Crippen LogP contribution in [0.15, 0.2) is 42.5 Å². The van der Waals surface area contributed by atoms with Crippen LogP contribution in [0.4, 0.5) is 5.69 Å². The summed E-state index contributed by atoms with van der Waals surface area (Å²) in [5, 5.41) is 2.92. The van der Waals surface area contributed by atoms with Crippen LogP contribution in [0.1, 0.15) is 37.8 Å². The summed E-state index contributed by atoms with van der Waals surface area (Å²) in [6.45, 7) is 6.70. The van der Waals surface area contributed by atoms with Crippen molar-refractivity contribution >= 4 is 17.5 Å². The van der Waals surface area contributed by atoms with E-state index in [0.717, 1.165) is 34.7 Å². The van der Waals surface area contributed by atoms with Crippen molar-refractivity contribution in [1.82, 2.24) is 4.90 Å². The van der Waals surface area contributed by atoms with E-state index >= 15 is 0 Å². The smallest absolute Gasteiger partial charge is 0.226 e. The van der Waals surface area contributed by atoms with Crippen LogP contribution >= 0.6 is 0 Å². The number of rotatable bonds is 8. The van der Waals surface area contributed by atoms with Crippen LogP contribution in [-0.2, 0) is 22.4 Å². The number of amides is 2. The molecule has 30 heavy (non-hydrogen) atoms. The molecule has 6 heteroatoms. The van der Waals surface area contributed by atoms with E-state index in [2.05, 4.69) is 5.32 Å². The second kappa shape index (κ2) is 10.7. The number of benzene rings is 2. The summed E-state index contributed by atoms with van der Waals surface area (Å²) in [5.74, 6) is 1.58. The number of fused-ring (bicyclic) bond motifs is 1. The molecule has 6 nitrogen and oxygen atoms in total. The van der Waals surface area contributed by atoms with E-state index < -0.39 is 0 Å². The zero-order valence-corrected chi connectivity index (χ0v) is 17.8. The minimum absolute atomic E-state index is 0.0471. The summed E-state index contributed by atoms with van der Waals surface area (Å²) in [6.07, 6.45) is 2.25. The molecule has 2 amide bonds. The topological polar surface area (TPSA) is 67.9 Å². The van der Waals surface area contributed by atoms with Gasteiger partial charge in [0.25, 0.3) is 0 Å². The fourth-order valence-electron chi connectivity index (χ4n) is 3.41. The predicted octanol–water partition coefficient (Wildman–Crippen LogP) is 3.83. The van der Waals surface area contributed by atoms with E-state index in [-0.39, 0.29) is 11.8 Å². The van der Waals surface area contributed by atoms with Crippen LogP contribution in [0.3, 0.4) is 0 Å². The highest BCUT2D eigenvalue weighted by Crippen LogP contribution is 2.30. The molecule has 0 aromatic heterocycles. The number of hydrogen-bond acceptors (Lipinski definition) is 4. The van der Waals surface area contributed by atoms with Gasteiger partial charge in [-0.25, -0.2) is 0 Å². The highest BCUT2D eigenvalue weighted by Gasteiger charge is 2.12. The van der Waals surface area contributed by atoms with Crippen LogP contribution in [-0.4, -0.2) is 43.0 Å². The van der Waals surface area contributed by atoms with E-state index in [9.17, 15) is 9.59 Å².